The molecular formula is C13H24N2O3S. The molecule has 0 saturated heterocycles. The van der Waals surface area contributed by atoms with Crippen LogP contribution < -0.4 is 10.6 Å². The summed E-state index contributed by atoms with van der Waals surface area (Å²) < 4.78 is 0. The largest absolute Gasteiger partial charge is 0.481 e. The number of rotatable bonds is 7. The average Bonchev–Trinajstić information content (AvgIpc) is 2.81. The molecule has 3 atom stereocenters. The smallest absolute Gasteiger partial charge is 0.315 e. The number of carbonyl (C=O) groups excluding carboxylic acids is 1. The van der Waals surface area contributed by atoms with Crippen molar-refractivity contribution in [1.82, 2.24) is 10.6 Å². The zero-order valence-electron chi connectivity index (χ0n) is 11.6. The summed E-state index contributed by atoms with van der Waals surface area (Å²) >= 11 is 1.84. The van der Waals surface area contributed by atoms with Crippen molar-refractivity contribution in [3.8, 4) is 0 Å². The number of hydrogen-bond acceptors (Lipinski definition) is 3. The highest BCUT2D eigenvalue weighted by atomic mass is 32.2. The van der Waals surface area contributed by atoms with Gasteiger partial charge < -0.3 is 15.7 Å². The monoisotopic (exact) mass is 288 g/mol. The summed E-state index contributed by atoms with van der Waals surface area (Å²) in [5, 5.41) is 15.2. The maximum Gasteiger partial charge on any atom is 0.315 e. The molecule has 0 aliphatic heterocycles. The summed E-state index contributed by atoms with van der Waals surface area (Å²) in [6.07, 6.45) is 6.64. The number of carboxylic acid groups (broad SMARTS) is 1. The van der Waals surface area contributed by atoms with Crippen LogP contribution in [0.15, 0.2) is 0 Å². The molecule has 0 spiro atoms. The van der Waals surface area contributed by atoms with Crippen LogP contribution in [0.2, 0.25) is 0 Å². The minimum absolute atomic E-state index is 0.202. The molecule has 0 aromatic carbocycles. The van der Waals surface area contributed by atoms with E-state index in [2.05, 4.69) is 16.9 Å². The minimum Gasteiger partial charge on any atom is -0.481 e. The van der Waals surface area contributed by atoms with Crippen LogP contribution in [0.4, 0.5) is 4.79 Å². The fraction of sp³-hybridized carbons (Fsp3) is 0.846. The van der Waals surface area contributed by atoms with E-state index in [-0.39, 0.29) is 18.6 Å². The van der Waals surface area contributed by atoms with Gasteiger partial charge in [-0.3, -0.25) is 4.79 Å². The van der Waals surface area contributed by atoms with Crippen LogP contribution in [-0.4, -0.2) is 41.2 Å². The number of carbonyl (C=O) groups is 2. The van der Waals surface area contributed by atoms with E-state index in [9.17, 15) is 9.59 Å². The van der Waals surface area contributed by atoms with E-state index in [1.807, 2.05) is 18.7 Å². The normalized spacial score (nSPS) is 23.9. The maximum atomic E-state index is 11.7. The van der Waals surface area contributed by atoms with Gasteiger partial charge in [0.15, 0.2) is 0 Å². The third-order valence-electron chi connectivity index (χ3n) is 3.55. The zero-order chi connectivity index (χ0) is 14.3. The van der Waals surface area contributed by atoms with E-state index in [0.717, 1.165) is 25.7 Å². The van der Waals surface area contributed by atoms with E-state index in [4.69, 9.17) is 5.11 Å². The van der Waals surface area contributed by atoms with Crippen molar-refractivity contribution < 1.29 is 14.7 Å². The third-order valence-corrected chi connectivity index (χ3v) is 4.64. The van der Waals surface area contributed by atoms with Gasteiger partial charge in [0.1, 0.15) is 0 Å². The van der Waals surface area contributed by atoms with Gasteiger partial charge in [-0.25, -0.2) is 4.79 Å². The van der Waals surface area contributed by atoms with Crippen LogP contribution in [0.1, 0.15) is 39.0 Å². The Balaban J connectivity index is 2.25. The molecule has 3 unspecified atom stereocenters. The van der Waals surface area contributed by atoms with Crippen molar-refractivity contribution in [2.24, 2.45) is 5.92 Å². The van der Waals surface area contributed by atoms with Gasteiger partial charge in [-0.2, -0.15) is 11.8 Å². The Kier molecular flexibility index (Phi) is 7.05. The minimum atomic E-state index is -0.842. The van der Waals surface area contributed by atoms with Crippen molar-refractivity contribution >= 4 is 23.8 Å². The summed E-state index contributed by atoms with van der Waals surface area (Å²) in [6.45, 7) is 2.14. The quantitative estimate of drug-likeness (QED) is 0.670. The predicted molar refractivity (Wildman–Crippen MR) is 77.5 cm³/mol. The molecule has 0 aromatic rings. The molecular weight excluding hydrogens is 264 g/mol. The van der Waals surface area contributed by atoms with Crippen LogP contribution in [0.25, 0.3) is 0 Å². The molecule has 6 heteroatoms. The van der Waals surface area contributed by atoms with Gasteiger partial charge in [-0.1, -0.05) is 13.3 Å². The fourth-order valence-corrected chi connectivity index (χ4v) is 3.20. The predicted octanol–water partition coefficient (Wildman–Crippen LogP) is 2.07. The molecule has 1 rings (SSSR count). The molecule has 3 N–H and O–H groups in total. The number of aliphatic carboxylic acids is 1. The number of thioether (sulfide) groups is 1. The van der Waals surface area contributed by atoms with Crippen molar-refractivity contribution in [2.45, 2.75) is 50.3 Å². The van der Waals surface area contributed by atoms with Gasteiger partial charge in [-0.05, 0) is 31.9 Å². The Morgan fingerprint density at radius 2 is 2.16 bits per heavy atom. The fourth-order valence-electron chi connectivity index (χ4n) is 2.40. The third kappa shape index (κ3) is 5.72. The molecule has 0 heterocycles. The van der Waals surface area contributed by atoms with Crippen LogP contribution in [-0.2, 0) is 4.79 Å². The lowest BCUT2D eigenvalue weighted by atomic mass is 10.0. The number of carboxylic acids is 1. The van der Waals surface area contributed by atoms with Crippen molar-refractivity contribution in [3.05, 3.63) is 0 Å². The Morgan fingerprint density at radius 3 is 2.68 bits per heavy atom. The Hall–Kier alpha value is -0.910. The van der Waals surface area contributed by atoms with Crippen LogP contribution in [0.5, 0.6) is 0 Å². The molecule has 5 nitrogen and oxygen atoms in total. The van der Waals surface area contributed by atoms with Gasteiger partial charge in [0, 0.05) is 17.8 Å². The van der Waals surface area contributed by atoms with Crippen LogP contribution in [0.3, 0.4) is 0 Å². The highest BCUT2D eigenvalue weighted by molar-refractivity contribution is 7.99. The van der Waals surface area contributed by atoms with Gasteiger partial charge in [0.2, 0.25) is 0 Å². The highest BCUT2D eigenvalue weighted by Crippen LogP contribution is 2.27. The summed E-state index contributed by atoms with van der Waals surface area (Å²) in [5.74, 6) is -1.33. The zero-order valence-corrected chi connectivity index (χ0v) is 12.5. The number of nitrogens with one attached hydrogen (secondary N) is 2. The van der Waals surface area contributed by atoms with E-state index in [1.54, 1.807) is 0 Å². The average molecular weight is 288 g/mol. The van der Waals surface area contributed by atoms with E-state index >= 15 is 0 Å². The lowest BCUT2D eigenvalue weighted by Gasteiger charge is -2.16. The lowest BCUT2D eigenvalue weighted by Crippen LogP contribution is -2.43. The molecule has 2 amide bonds. The Labute approximate surface area is 118 Å². The molecule has 1 aliphatic rings. The summed E-state index contributed by atoms with van der Waals surface area (Å²) in [7, 11) is 0. The first-order chi connectivity index (χ1) is 9.06. The van der Waals surface area contributed by atoms with E-state index < -0.39 is 11.9 Å². The standard InChI is InChI=1S/C13H24N2O3S/c1-3-4-9(12(16)17)8-14-13(18)15-10-5-6-11(7-10)19-2/h9-11H,3-8H2,1-2H3,(H,16,17)(H2,14,15,18). The molecule has 0 bridgehead atoms. The first-order valence-corrected chi connectivity index (χ1v) is 8.15. The Morgan fingerprint density at radius 1 is 1.42 bits per heavy atom. The molecule has 19 heavy (non-hydrogen) atoms. The second kappa shape index (κ2) is 8.30. The van der Waals surface area contributed by atoms with Gasteiger partial charge in [0.25, 0.3) is 0 Å². The molecule has 0 aromatic heterocycles. The van der Waals surface area contributed by atoms with E-state index in [0.29, 0.717) is 11.7 Å². The van der Waals surface area contributed by atoms with Crippen LogP contribution >= 0.6 is 11.8 Å². The first-order valence-electron chi connectivity index (χ1n) is 6.86. The lowest BCUT2D eigenvalue weighted by molar-refractivity contribution is -0.141. The van der Waals surface area contributed by atoms with Crippen molar-refractivity contribution in [2.75, 3.05) is 12.8 Å². The van der Waals surface area contributed by atoms with E-state index in [1.165, 1.54) is 0 Å². The molecule has 0 radical (unpaired) electrons. The molecule has 1 saturated carbocycles. The summed E-state index contributed by atoms with van der Waals surface area (Å²) in [4.78, 5) is 22.7. The van der Waals surface area contributed by atoms with Crippen molar-refractivity contribution in [1.29, 1.82) is 0 Å². The second-order valence-electron chi connectivity index (χ2n) is 5.05. The summed E-state index contributed by atoms with van der Waals surface area (Å²) in [6, 6.07) is -0.0130. The highest BCUT2D eigenvalue weighted by Gasteiger charge is 2.25. The van der Waals surface area contributed by atoms with Crippen molar-refractivity contribution in [3.63, 3.8) is 0 Å². The molecule has 1 fully saturated rings. The SMILES string of the molecule is CCCC(CNC(=O)NC1CCC(SC)C1)C(=O)O. The number of hydrogen-bond donors (Lipinski definition) is 3. The summed E-state index contributed by atoms with van der Waals surface area (Å²) in [5.41, 5.74) is 0. The molecule has 1 aliphatic carbocycles. The first kappa shape index (κ1) is 16.1. The Bertz CT molecular complexity index is 312. The second-order valence-corrected chi connectivity index (χ2v) is 6.18. The maximum absolute atomic E-state index is 11.7. The topological polar surface area (TPSA) is 78.4 Å². The van der Waals surface area contributed by atoms with Crippen LogP contribution in [0, 0.1) is 5.92 Å². The van der Waals surface area contributed by atoms with Gasteiger partial charge in [-0.15, -0.1) is 0 Å². The van der Waals surface area contributed by atoms with Gasteiger partial charge in [0.05, 0.1) is 5.92 Å². The molecule has 110 valence electrons. The number of urea groups is 1. The van der Waals surface area contributed by atoms with Gasteiger partial charge >= 0.3 is 12.0 Å². The number of amides is 2.